The van der Waals surface area contributed by atoms with E-state index in [-0.39, 0.29) is 11.5 Å². The van der Waals surface area contributed by atoms with Gasteiger partial charge in [-0.1, -0.05) is 55.9 Å². The van der Waals surface area contributed by atoms with Gasteiger partial charge in [0.1, 0.15) is 13.8 Å². The van der Waals surface area contributed by atoms with Crippen LogP contribution in [0.15, 0.2) is 48.5 Å². The number of rotatable bonds is 2. The molecule has 2 nitrogen and oxygen atoms in total. The number of hydrogen-bond acceptors (Lipinski definition) is 2. The van der Waals surface area contributed by atoms with E-state index in [1.807, 2.05) is 18.2 Å². The molecule has 0 amide bonds. The van der Waals surface area contributed by atoms with Gasteiger partial charge in [-0.15, -0.1) is 5.54 Å². The van der Waals surface area contributed by atoms with Crippen molar-refractivity contribution in [3.63, 3.8) is 0 Å². The minimum absolute atomic E-state index is 0.0633. The molecule has 0 aliphatic rings. The van der Waals surface area contributed by atoms with Crippen LogP contribution in [-0.4, -0.2) is 19.0 Å². The van der Waals surface area contributed by atoms with Gasteiger partial charge in [0.2, 0.25) is 0 Å². The van der Waals surface area contributed by atoms with Gasteiger partial charge < -0.3 is 5.11 Å². The van der Waals surface area contributed by atoms with Gasteiger partial charge in [0.25, 0.3) is 0 Å². The molecule has 2 rings (SSSR count). The third-order valence-corrected chi connectivity index (χ3v) is 3.74. The summed E-state index contributed by atoms with van der Waals surface area (Å²) < 4.78 is 0. The highest BCUT2D eigenvalue weighted by molar-refractivity contribution is 6.83. The van der Waals surface area contributed by atoms with E-state index < -0.39 is 8.07 Å². The van der Waals surface area contributed by atoms with Crippen LogP contribution in [0, 0.1) is 11.5 Å². The zero-order chi connectivity index (χ0) is 15.5. The summed E-state index contributed by atoms with van der Waals surface area (Å²) in [6.45, 7) is 6.40. The largest absolute Gasteiger partial charge is 0.507 e. The molecule has 0 bridgehead atoms. The molecule has 0 radical (unpaired) electrons. The van der Waals surface area contributed by atoms with Crippen molar-refractivity contribution in [1.82, 2.24) is 0 Å². The van der Waals surface area contributed by atoms with Gasteiger partial charge in [0.15, 0.2) is 5.78 Å². The number of benzene rings is 2. The zero-order valence-electron chi connectivity index (χ0n) is 12.5. The van der Waals surface area contributed by atoms with E-state index in [2.05, 4.69) is 31.1 Å². The molecule has 21 heavy (non-hydrogen) atoms. The predicted molar refractivity (Wildman–Crippen MR) is 88.2 cm³/mol. The van der Waals surface area contributed by atoms with Gasteiger partial charge >= 0.3 is 0 Å². The Balaban J connectivity index is 2.39. The van der Waals surface area contributed by atoms with Crippen LogP contribution in [0.4, 0.5) is 0 Å². The lowest BCUT2D eigenvalue weighted by molar-refractivity contribution is 0.103. The van der Waals surface area contributed by atoms with Crippen LogP contribution in [-0.2, 0) is 0 Å². The first-order valence-electron chi connectivity index (χ1n) is 6.83. The van der Waals surface area contributed by atoms with Gasteiger partial charge in [-0.25, -0.2) is 0 Å². The second-order valence-corrected chi connectivity index (χ2v) is 10.7. The SMILES string of the molecule is C[Si](C)(C)C#Cc1cc(C(=O)c2ccccc2)ccc1O. The van der Waals surface area contributed by atoms with Crippen LogP contribution in [0.2, 0.25) is 19.6 Å². The predicted octanol–water partition coefficient (Wildman–Crippen LogP) is 3.85. The summed E-state index contributed by atoms with van der Waals surface area (Å²) in [4.78, 5) is 12.4. The maximum absolute atomic E-state index is 12.4. The van der Waals surface area contributed by atoms with E-state index in [1.54, 1.807) is 24.3 Å². The molecule has 0 fully saturated rings. The highest BCUT2D eigenvalue weighted by Crippen LogP contribution is 2.20. The fraction of sp³-hybridized carbons (Fsp3) is 0.167. The molecule has 0 heterocycles. The minimum atomic E-state index is -1.53. The Kier molecular flexibility index (Phi) is 4.30. The van der Waals surface area contributed by atoms with E-state index in [1.165, 1.54) is 6.07 Å². The highest BCUT2D eigenvalue weighted by Gasteiger charge is 2.12. The Morgan fingerprint density at radius 1 is 1.00 bits per heavy atom. The zero-order valence-corrected chi connectivity index (χ0v) is 13.5. The summed E-state index contributed by atoms with van der Waals surface area (Å²) in [5.74, 6) is 3.06. The third-order valence-electron chi connectivity index (χ3n) is 2.87. The number of aromatic hydroxyl groups is 1. The molecule has 2 aromatic rings. The standard InChI is InChI=1S/C18H18O2Si/c1-21(2,3)12-11-15-13-16(9-10-17(15)19)18(20)14-7-5-4-6-8-14/h4-10,13,19H,1-3H3. The van der Waals surface area contributed by atoms with Crippen LogP contribution in [0.5, 0.6) is 5.75 Å². The normalized spacial score (nSPS) is 10.6. The molecule has 106 valence electrons. The molecule has 0 spiro atoms. The first kappa shape index (κ1) is 15.1. The second-order valence-electron chi connectivity index (χ2n) is 5.93. The summed E-state index contributed by atoms with van der Waals surface area (Å²) in [5, 5.41) is 9.89. The number of ketones is 1. The third kappa shape index (κ3) is 4.07. The lowest BCUT2D eigenvalue weighted by atomic mass is 10.0. The van der Waals surface area contributed by atoms with Crippen LogP contribution < -0.4 is 0 Å². The van der Waals surface area contributed by atoms with Crippen molar-refractivity contribution in [3.05, 3.63) is 65.2 Å². The topological polar surface area (TPSA) is 37.3 Å². The van der Waals surface area contributed by atoms with Gasteiger partial charge in [-0.05, 0) is 18.2 Å². The molecule has 0 saturated carbocycles. The molecule has 3 heteroatoms. The molecule has 0 aliphatic carbocycles. The van der Waals surface area contributed by atoms with Crippen molar-refractivity contribution in [2.24, 2.45) is 0 Å². The smallest absolute Gasteiger partial charge is 0.193 e. The minimum Gasteiger partial charge on any atom is -0.507 e. The Hall–Kier alpha value is -2.31. The molecule has 0 saturated heterocycles. The molecule has 0 aliphatic heterocycles. The monoisotopic (exact) mass is 294 g/mol. The van der Waals surface area contributed by atoms with Gasteiger partial charge in [0, 0.05) is 11.1 Å². The average molecular weight is 294 g/mol. The van der Waals surface area contributed by atoms with E-state index in [9.17, 15) is 9.90 Å². The molecular formula is C18H18O2Si. The van der Waals surface area contributed by atoms with Crippen molar-refractivity contribution >= 4 is 13.9 Å². The molecular weight excluding hydrogens is 276 g/mol. The van der Waals surface area contributed by atoms with Crippen LogP contribution in [0.1, 0.15) is 21.5 Å². The molecule has 1 N–H and O–H groups in total. The molecule has 2 aromatic carbocycles. The molecule has 0 unspecified atom stereocenters. The Bertz CT molecular complexity index is 716. The number of hydrogen-bond donors (Lipinski definition) is 1. The average Bonchev–Trinajstić information content (AvgIpc) is 2.46. The van der Waals surface area contributed by atoms with Gasteiger partial charge in [-0.3, -0.25) is 4.79 Å². The number of carbonyl (C=O) groups excluding carboxylic acids is 1. The van der Waals surface area contributed by atoms with Gasteiger partial charge in [0.05, 0.1) is 5.56 Å². The fourth-order valence-corrected chi connectivity index (χ4v) is 2.30. The van der Waals surface area contributed by atoms with Crippen LogP contribution in [0.25, 0.3) is 0 Å². The Labute approximate surface area is 126 Å². The lowest BCUT2D eigenvalue weighted by Crippen LogP contribution is -2.16. The van der Waals surface area contributed by atoms with E-state index in [0.29, 0.717) is 16.7 Å². The maximum atomic E-state index is 12.4. The molecule has 0 aromatic heterocycles. The quantitative estimate of drug-likeness (QED) is 0.519. The van der Waals surface area contributed by atoms with Crippen molar-refractivity contribution < 1.29 is 9.90 Å². The van der Waals surface area contributed by atoms with Crippen molar-refractivity contribution in [2.75, 3.05) is 0 Å². The summed E-state index contributed by atoms with van der Waals surface area (Å²) in [6, 6.07) is 13.9. The summed E-state index contributed by atoms with van der Waals surface area (Å²) >= 11 is 0. The van der Waals surface area contributed by atoms with E-state index >= 15 is 0 Å². The summed E-state index contributed by atoms with van der Waals surface area (Å²) in [6.07, 6.45) is 0. The number of carbonyl (C=O) groups is 1. The number of phenols is 1. The summed E-state index contributed by atoms with van der Waals surface area (Å²) in [7, 11) is -1.53. The van der Waals surface area contributed by atoms with E-state index in [0.717, 1.165) is 0 Å². The van der Waals surface area contributed by atoms with Gasteiger partial charge in [-0.2, -0.15) is 0 Å². The van der Waals surface area contributed by atoms with Crippen LogP contribution >= 0.6 is 0 Å². The van der Waals surface area contributed by atoms with Crippen molar-refractivity contribution in [3.8, 4) is 17.2 Å². The summed E-state index contributed by atoms with van der Waals surface area (Å²) in [5.41, 5.74) is 4.89. The fourth-order valence-electron chi connectivity index (χ4n) is 1.79. The Morgan fingerprint density at radius 3 is 2.29 bits per heavy atom. The van der Waals surface area contributed by atoms with Crippen molar-refractivity contribution in [2.45, 2.75) is 19.6 Å². The maximum Gasteiger partial charge on any atom is 0.193 e. The Morgan fingerprint density at radius 2 is 1.67 bits per heavy atom. The number of phenolic OH excluding ortho intramolecular Hbond substituents is 1. The van der Waals surface area contributed by atoms with Crippen LogP contribution in [0.3, 0.4) is 0 Å². The van der Waals surface area contributed by atoms with Crippen molar-refractivity contribution in [1.29, 1.82) is 0 Å². The first-order chi connectivity index (χ1) is 9.87. The highest BCUT2D eigenvalue weighted by atomic mass is 28.3. The second kappa shape index (κ2) is 5.98. The van der Waals surface area contributed by atoms with E-state index in [4.69, 9.17) is 0 Å². The lowest BCUT2D eigenvalue weighted by Gasteiger charge is -2.06. The first-order valence-corrected chi connectivity index (χ1v) is 10.3. The molecule has 0 atom stereocenters.